The molecule has 124 valence electrons. The molecule has 0 aliphatic carbocycles. The van der Waals surface area contributed by atoms with E-state index in [0.29, 0.717) is 12.8 Å². The van der Waals surface area contributed by atoms with Gasteiger partial charge in [0.1, 0.15) is 6.10 Å². The van der Waals surface area contributed by atoms with Crippen molar-refractivity contribution < 1.29 is 24.9 Å². The average Bonchev–Trinajstić information content (AvgIpc) is 2.41. The summed E-state index contributed by atoms with van der Waals surface area (Å²) >= 11 is 0. The van der Waals surface area contributed by atoms with Gasteiger partial charge >= 0.3 is 5.97 Å². The minimum absolute atomic E-state index is 0.399. The standard InChI is InChI=1S/C17H26O5/c1-12-6-5-9-17(4,21)13(2)22-15(19)8-11-16(3,20)10-7-14(12)18/h6-8,10-11,13-14,18,20-21H,5,9H2,1-4H3/b10-7+,11-8+,12-6+/t13-,14+,16-,17-/m1/s1. The average molecular weight is 310 g/mol. The quantitative estimate of drug-likeness (QED) is 0.468. The maximum atomic E-state index is 11.7. The lowest BCUT2D eigenvalue weighted by Gasteiger charge is -2.29. The zero-order valence-corrected chi connectivity index (χ0v) is 13.6. The Morgan fingerprint density at radius 1 is 1.27 bits per heavy atom. The molecule has 0 unspecified atom stereocenters. The van der Waals surface area contributed by atoms with Crippen molar-refractivity contribution in [3.63, 3.8) is 0 Å². The third kappa shape index (κ3) is 5.75. The molecule has 0 bridgehead atoms. The summed E-state index contributed by atoms with van der Waals surface area (Å²) in [7, 11) is 0. The summed E-state index contributed by atoms with van der Waals surface area (Å²) in [6.07, 6.45) is 6.55. The molecule has 0 aromatic heterocycles. The fourth-order valence-electron chi connectivity index (χ4n) is 1.99. The lowest BCUT2D eigenvalue weighted by Crippen LogP contribution is -2.40. The van der Waals surface area contributed by atoms with Gasteiger partial charge in [-0.1, -0.05) is 18.2 Å². The van der Waals surface area contributed by atoms with Gasteiger partial charge in [-0.2, -0.15) is 0 Å². The van der Waals surface area contributed by atoms with Gasteiger partial charge in [0.25, 0.3) is 0 Å². The molecule has 0 aromatic rings. The van der Waals surface area contributed by atoms with E-state index in [1.807, 2.05) is 6.08 Å². The second-order valence-electron chi connectivity index (χ2n) is 6.29. The highest BCUT2D eigenvalue weighted by Crippen LogP contribution is 2.22. The van der Waals surface area contributed by atoms with Crippen LogP contribution in [0, 0.1) is 0 Å². The first-order valence-corrected chi connectivity index (χ1v) is 7.42. The monoisotopic (exact) mass is 310 g/mol. The molecule has 22 heavy (non-hydrogen) atoms. The van der Waals surface area contributed by atoms with Gasteiger partial charge in [0.15, 0.2) is 0 Å². The molecule has 0 aromatic carbocycles. The molecule has 0 spiro atoms. The molecule has 0 fully saturated rings. The molecule has 5 nitrogen and oxygen atoms in total. The summed E-state index contributed by atoms with van der Waals surface area (Å²) in [5.74, 6) is -0.634. The van der Waals surface area contributed by atoms with Crippen molar-refractivity contribution in [2.75, 3.05) is 0 Å². The maximum absolute atomic E-state index is 11.7. The fraction of sp³-hybridized carbons (Fsp3) is 0.588. The number of aliphatic hydroxyl groups excluding tert-OH is 1. The first-order valence-electron chi connectivity index (χ1n) is 7.42. The predicted molar refractivity (Wildman–Crippen MR) is 84.1 cm³/mol. The van der Waals surface area contributed by atoms with Crippen LogP contribution in [0.5, 0.6) is 0 Å². The molecule has 0 amide bonds. The number of cyclic esters (lactones) is 1. The van der Waals surface area contributed by atoms with E-state index < -0.39 is 29.4 Å². The Labute approximate surface area is 131 Å². The SMILES string of the molecule is C/C1=C\CC[C@@](C)(O)[C@@H](C)OC(=O)/C=C/[C@](C)(O)/C=C/[C@@H]1O. The molecular weight excluding hydrogens is 284 g/mol. The van der Waals surface area contributed by atoms with Crippen LogP contribution in [0.25, 0.3) is 0 Å². The molecule has 1 aliphatic heterocycles. The Morgan fingerprint density at radius 3 is 2.55 bits per heavy atom. The third-order valence-corrected chi connectivity index (χ3v) is 3.92. The van der Waals surface area contributed by atoms with Gasteiger partial charge in [-0.05, 0) is 52.2 Å². The number of esters is 1. The van der Waals surface area contributed by atoms with Crippen LogP contribution in [-0.4, -0.2) is 44.7 Å². The molecule has 4 atom stereocenters. The Balaban J connectivity index is 3.08. The minimum Gasteiger partial charge on any atom is -0.456 e. The predicted octanol–water partition coefficient (Wildman–Crippen LogP) is 1.63. The highest BCUT2D eigenvalue weighted by atomic mass is 16.6. The van der Waals surface area contributed by atoms with Crippen LogP contribution in [0.2, 0.25) is 0 Å². The van der Waals surface area contributed by atoms with Crippen molar-refractivity contribution in [1.82, 2.24) is 0 Å². The van der Waals surface area contributed by atoms with Gasteiger partial charge in [0.2, 0.25) is 0 Å². The highest BCUT2D eigenvalue weighted by molar-refractivity contribution is 5.82. The minimum atomic E-state index is -1.38. The van der Waals surface area contributed by atoms with E-state index in [1.54, 1.807) is 20.8 Å². The van der Waals surface area contributed by atoms with Crippen LogP contribution >= 0.6 is 0 Å². The number of ether oxygens (including phenoxy) is 1. The van der Waals surface area contributed by atoms with E-state index in [9.17, 15) is 20.1 Å². The van der Waals surface area contributed by atoms with Gasteiger partial charge in [-0.15, -0.1) is 0 Å². The first-order chi connectivity index (χ1) is 10.0. The molecule has 0 saturated carbocycles. The number of hydrogen-bond acceptors (Lipinski definition) is 5. The van der Waals surface area contributed by atoms with Crippen molar-refractivity contribution >= 4 is 5.97 Å². The van der Waals surface area contributed by atoms with Crippen molar-refractivity contribution in [1.29, 1.82) is 0 Å². The van der Waals surface area contributed by atoms with Crippen molar-refractivity contribution in [3.05, 3.63) is 36.0 Å². The molecule has 0 saturated heterocycles. The lowest BCUT2D eigenvalue weighted by molar-refractivity contribution is -0.156. The Morgan fingerprint density at radius 2 is 1.91 bits per heavy atom. The van der Waals surface area contributed by atoms with Gasteiger partial charge in [-0.3, -0.25) is 0 Å². The summed E-state index contributed by atoms with van der Waals surface area (Å²) in [5, 5.41) is 30.5. The number of allylic oxidation sites excluding steroid dienone is 1. The topological polar surface area (TPSA) is 87.0 Å². The first kappa shape index (κ1) is 18.6. The van der Waals surface area contributed by atoms with Gasteiger partial charge in [0.05, 0.1) is 17.3 Å². The number of rotatable bonds is 0. The summed E-state index contributed by atoms with van der Waals surface area (Å²) < 4.78 is 5.17. The van der Waals surface area contributed by atoms with Crippen LogP contribution in [-0.2, 0) is 9.53 Å². The van der Waals surface area contributed by atoms with E-state index in [0.717, 1.165) is 11.6 Å². The van der Waals surface area contributed by atoms with Crippen LogP contribution in [0.1, 0.15) is 40.5 Å². The zero-order valence-electron chi connectivity index (χ0n) is 13.6. The smallest absolute Gasteiger partial charge is 0.330 e. The van der Waals surface area contributed by atoms with Crippen molar-refractivity contribution in [2.24, 2.45) is 0 Å². The third-order valence-electron chi connectivity index (χ3n) is 3.92. The number of carbonyl (C=O) groups is 1. The summed E-state index contributed by atoms with van der Waals surface area (Å²) in [6.45, 7) is 6.51. The van der Waals surface area contributed by atoms with Gasteiger partial charge in [-0.25, -0.2) is 4.79 Å². The van der Waals surface area contributed by atoms with Crippen LogP contribution < -0.4 is 0 Å². The van der Waals surface area contributed by atoms with Gasteiger partial charge < -0.3 is 20.1 Å². The Bertz CT molecular complexity index is 485. The molecule has 0 radical (unpaired) electrons. The van der Waals surface area contributed by atoms with Crippen LogP contribution in [0.15, 0.2) is 36.0 Å². The van der Waals surface area contributed by atoms with Crippen molar-refractivity contribution in [2.45, 2.75) is 63.9 Å². The maximum Gasteiger partial charge on any atom is 0.330 e. The van der Waals surface area contributed by atoms with Crippen LogP contribution in [0.3, 0.4) is 0 Å². The van der Waals surface area contributed by atoms with E-state index in [-0.39, 0.29) is 0 Å². The second kappa shape index (κ2) is 7.22. The van der Waals surface area contributed by atoms with Crippen LogP contribution in [0.4, 0.5) is 0 Å². The molecule has 1 heterocycles. The largest absolute Gasteiger partial charge is 0.456 e. The second-order valence-corrected chi connectivity index (χ2v) is 6.29. The number of aliphatic hydroxyl groups is 3. The Hall–Kier alpha value is -1.43. The van der Waals surface area contributed by atoms with Gasteiger partial charge in [0, 0.05) is 6.08 Å². The number of carbonyl (C=O) groups excluding carboxylic acids is 1. The Kier molecular flexibility index (Phi) is 6.11. The van der Waals surface area contributed by atoms with E-state index >= 15 is 0 Å². The zero-order chi connectivity index (χ0) is 17.0. The summed E-state index contributed by atoms with van der Waals surface area (Å²) in [4.78, 5) is 11.7. The fourth-order valence-corrected chi connectivity index (χ4v) is 1.99. The summed E-state index contributed by atoms with van der Waals surface area (Å²) in [6, 6.07) is 0. The van der Waals surface area contributed by atoms with Crippen molar-refractivity contribution in [3.8, 4) is 0 Å². The van der Waals surface area contributed by atoms with E-state index in [2.05, 4.69) is 0 Å². The number of hydrogen-bond donors (Lipinski definition) is 3. The molecule has 1 rings (SSSR count). The molecule has 5 heteroatoms. The highest BCUT2D eigenvalue weighted by Gasteiger charge is 2.30. The summed E-state index contributed by atoms with van der Waals surface area (Å²) in [5.41, 5.74) is -1.82. The molecule has 1 aliphatic rings. The molecular formula is C17H26O5. The van der Waals surface area contributed by atoms with E-state index in [4.69, 9.17) is 4.74 Å². The lowest BCUT2D eigenvalue weighted by atomic mass is 9.93. The molecule has 3 N–H and O–H groups in total. The van der Waals surface area contributed by atoms with E-state index in [1.165, 1.54) is 25.2 Å². The normalized spacial score (nSPS) is 43.4.